The van der Waals surface area contributed by atoms with E-state index in [1.54, 1.807) is 29.2 Å². The fourth-order valence-electron chi connectivity index (χ4n) is 2.38. The number of hydrogen-bond donors (Lipinski definition) is 2. The summed E-state index contributed by atoms with van der Waals surface area (Å²) in [4.78, 5) is 26.2. The topological polar surface area (TPSA) is 61.4 Å². The largest absolute Gasteiger partial charge is 0.376 e. The first-order valence-electron chi connectivity index (χ1n) is 8.22. The van der Waals surface area contributed by atoms with Crippen LogP contribution in [-0.4, -0.2) is 36.3 Å². The summed E-state index contributed by atoms with van der Waals surface area (Å²) in [5.74, 6) is -0.204. The zero-order valence-corrected chi connectivity index (χ0v) is 16.0. The van der Waals surface area contributed by atoms with Crippen molar-refractivity contribution in [3.05, 3.63) is 58.6 Å². The third-order valence-electron chi connectivity index (χ3n) is 3.74. The number of rotatable bonds is 7. The molecular weight excluding hydrogens is 382 g/mol. The van der Waals surface area contributed by atoms with E-state index in [1.165, 1.54) is 0 Å². The van der Waals surface area contributed by atoms with Gasteiger partial charge in [0.25, 0.3) is 5.91 Å². The second kappa shape index (κ2) is 9.22. The Morgan fingerprint density at radius 1 is 1.00 bits per heavy atom. The van der Waals surface area contributed by atoms with Crippen LogP contribution in [0.15, 0.2) is 53.0 Å². The van der Waals surface area contributed by atoms with Crippen molar-refractivity contribution < 1.29 is 9.59 Å². The van der Waals surface area contributed by atoms with Crippen molar-refractivity contribution >= 4 is 39.1 Å². The highest BCUT2D eigenvalue weighted by Crippen LogP contribution is 2.15. The Hall–Kier alpha value is -2.34. The second-order valence-corrected chi connectivity index (χ2v) is 6.38. The van der Waals surface area contributed by atoms with Crippen LogP contribution in [0.5, 0.6) is 0 Å². The van der Waals surface area contributed by atoms with Gasteiger partial charge in [0.2, 0.25) is 5.91 Å². The predicted octanol–water partition coefficient (Wildman–Crippen LogP) is 3.98. The van der Waals surface area contributed by atoms with Crippen molar-refractivity contribution in [2.45, 2.75) is 13.8 Å². The van der Waals surface area contributed by atoms with Crippen molar-refractivity contribution in [2.75, 3.05) is 30.3 Å². The maximum Gasteiger partial charge on any atom is 0.253 e. The molecular formula is C19H22BrN3O2. The third kappa shape index (κ3) is 5.60. The highest BCUT2D eigenvalue weighted by molar-refractivity contribution is 9.10. The van der Waals surface area contributed by atoms with E-state index in [-0.39, 0.29) is 18.4 Å². The zero-order valence-electron chi connectivity index (χ0n) is 14.4. The molecule has 0 bridgehead atoms. The molecule has 25 heavy (non-hydrogen) atoms. The number of amides is 2. The van der Waals surface area contributed by atoms with Gasteiger partial charge in [-0.15, -0.1) is 0 Å². The van der Waals surface area contributed by atoms with Crippen LogP contribution in [0.1, 0.15) is 24.2 Å². The van der Waals surface area contributed by atoms with Crippen molar-refractivity contribution in [3.63, 3.8) is 0 Å². The molecule has 0 aliphatic heterocycles. The standard InChI is InChI=1S/C19H22BrN3O2/c1-3-23(4-2)19(25)14-6-5-7-17(12-14)22-18(24)13-21-16-10-8-15(20)9-11-16/h5-12,21H,3-4,13H2,1-2H3,(H,22,24). The summed E-state index contributed by atoms with van der Waals surface area (Å²) in [6, 6.07) is 14.6. The average Bonchev–Trinajstić information content (AvgIpc) is 2.62. The van der Waals surface area contributed by atoms with Crippen LogP contribution in [0.25, 0.3) is 0 Å². The molecule has 0 aliphatic rings. The van der Waals surface area contributed by atoms with Crippen LogP contribution in [0, 0.1) is 0 Å². The number of anilines is 2. The lowest BCUT2D eigenvalue weighted by molar-refractivity contribution is -0.114. The van der Waals surface area contributed by atoms with Crippen LogP contribution in [0.3, 0.4) is 0 Å². The average molecular weight is 404 g/mol. The highest BCUT2D eigenvalue weighted by atomic mass is 79.9. The molecule has 0 unspecified atom stereocenters. The van der Waals surface area contributed by atoms with Gasteiger partial charge in [-0.2, -0.15) is 0 Å². The molecule has 2 aromatic carbocycles. The van der Waals surface area contributed by atoms with E-state index in [2.05, 4.69) is 26.6 Å². The molecule has 2 aromatic rings. The molecule has 0 fully saturated rings. The van der Waals surface area contributed by atoms with Gasteiger partial charge in [0, 0.05) is 34.5 Å². The molecule has 2 rings (SSSR count). The quantitative estimate of drug-likeness (QED) is 0.734. The summed E-state index contributed by atoms with van der Waals surface area (Å²) < 4.78 is 0.984. The summed E-state index contributed by atoms with van der Waals surface area (Å²) in [6.07, 6.45) is 0. The molecule has 0 atom stereocenters. The van der Waals surface area contributed by atoms with Gasteiger partial charge in [-0.3, -0.25) is 9.59 Å². The number of carbonyl (C=O) groups excluding carboxylic acids is 2. The van der Waals surface area contributed by atoms with Crippen LogP contribution < -0.4 is 10.6 Å². The summed E-state index contributed by atoms with van der Waals surface area (Å²) in [5.41, 5.74) is 2.05. The molecule has 0 aromatic heterocycles. The molecule has 0 aliphatic carbocycles. The molecule has 2 amide bonds. The Bertz CT molecular complexity index is 728. The summed E-state index contributed by atoms with van der Waals surface area (Å²) in [6.45, 7) is 5.35. The van der Waals surface area contributed by atoms with Crippen molar-refractivity contribution in [2.24, 2.45) is 0 Å². The van der Waals surface area contributed by atoms with Crippen molar-refractivity contribution in [1.29, 1.82) is 0 Å². The maximum absolute atomic E-state index is 12.4. The number of halogens is 1. The lowest BCUT2D eigenvalue weighted by atomic mass is 10.1. The molecule has 6 heteroatoms. The summed E-state index contributed by atoms with van der Waals surface area (Å²) in [7, 11) is 0. The summed E-state index contributed by atoms with van der Waals surface area (Å²) >= 11 is 3.37. The lowest BCUT2D eigenvalue weighted by Crippen LogP contribution is -2.30. The van der Waals surface area contributed by atoms with Crippen LogP contribution >= 0.6 is 15.9 Å². The van der Waals surface area contributed by atoms with Crippen molar-refractivity contribution in [3.8, 4) is 0 Å². The van der Waals surface area contributed by atoms with Gasteiger partial charge >= 0.3 is 0 Å². The van der Waals surface area contributed by atoms with Crippen LogP contribution in [0.4, 0.5) is 11.4 Å². The smallest absolute Gasteiger partial charge is 0.253 e. The highest BCUT2D eigenvalue weighted by Gasteiger charge is 2.13. The predicted molar refractivity (Wildman–Crippen MR) is 105 cm³/mol. The Morgan fingerprint density at radius 2 is 1.68 bits per heavy atom. The van der Waals surface area contributed by atoms with Gasteiger partial charge in [-0.25, -0.2) is 0 Å². The van der Waals surface area contributed by atoms with Gasteiger partial charge in [-0.05, 0) is 56.3 Å². The van der Waals surface area contributed by atoms with Gasteiger partial charge in [0.1, 0.15) is 0 Å². The van der Waals surface area contributed by atoms with E-state index in [9.17, 15) is 9.59 Å². The normalized spacial score (nSPS) is 10.2. The first-order valence-corrected chi connectivity index (χ1v) is 9.01. The van der Waals surface area contributed by atoms with Gasteiger partial charge in [0.05, 0.1) is 6.54 Å². The van der Waals surface area contributed by atoms with E-state index in [0.717, 1.165) is 10.2 Å². The number of carbonyl (C=O) groups is 2. The minimum absolute atomic E-state index is 0.0333. The van der Waals surface area contributed by atoms with E-state index >= 15 is 0 Å². The molecule has 0 saturated heterocycles. The number of hydrogen-bond acceptors (Lipinski definition) is 3. The van der Waals surface area contributed by atoms with E-state index in [1.807, 2.05) is 38.1 Å². The van der Waals surface area contributed by atoms with Crippen molar-refractivity contribution in [1.82, 2.24) is 4.90 Å². The Morgan fingerprint density at radius 3 is 2.32 bits per heavy atom. The fourth-order valence-corrected chi connectivity index (χ4v) is 2.64. The number of nitrogens with one attached hydrogen (secondary N) is 2. The number of benzene rings is 2. The van der Waals surface area contributed by atoms with E-state index in [4.69, 9.17) is 0 Å². The first kappa shape index (κ1) is 19.0. The minimum Gasteiger partial charge on any atom is -0.376 e. The Labute approximate surface area is 156 Å². The van der Waals surface area contributed by atoms with E-state index < -0.39 is 0 Å². The fraction of sp³-hybridized carbons (Fsp3) is 0.263. The first-order chi connectivity index (χ1) is 12.0. The number of nitrogens with zero attached hydrogens (tertiary/aromatic N) is 1. The molecule has 5 nitrogen and oxygen atoms in total. The van der Waals surface area contributed by atoms with Gasteiger partial charge in [-0.1, -0.05) is 22.0 Å². The van der Waals surface area contributed by atoms with Gasteiger partial charge < -0.3 is 15.5 Å². The molecule has 0 spiro atoms. The minimum atomic E-state index is -0.171. The molecule has 0 radical (unpaired) electrons. The molecule has 2 N–H and O–H groups in total. The van der Waals surface area contributed by atoms with Crippen LogP contribution in [0.2, 0.25) is 0 Å². The second-order valence-electron chi connectivity index (χ2n) is 5.47. The monoisotopic (exact) mass is 403 g/mol. The van der Waals surface area contributed by atoms with E-state index in [0.29, 0.717) is 24.3 Å². The molecule has 0 saturated carbocycles. The Kier molecular flexibility index (Phi) is 7.01. The zero-order chi connectivity index (χ0) is 18.2. The van der Waals surface area contributed by atoms with Gasteiger partial charge in [0.15, 0.2) is 0 Å². The third-order valence-corrected chi connectivity index (χ3v) is 4.27. The summed E-state index contributed by atoms with van der Waals surface area (Å²) in [5, 5.41) is 5.87. The maximum atomic E-state index is 12.4. The van der Waals surface area contributed by atoms with Crippen LogP contribution in [-0.2, 0) is 4.79 Å². The molecule has 132 valence electrons. The SMILES string of the molecule is CCN(CC)C(=O)c1cccc(NC(=O)CNc2ccc(Br)cc2)c1. The lowest BCUT2D eigenvalue weighted by Gasteiger charge is -2.19. The molecule has 0 heterocycles. The Balaban J connectivity index is 1.95.